The smallest absolute Gasteiger partial charge is 0.249 e. The van der Waals surface area contributed by atoms with Gasteiger partial charge in [0.25, 0.3) is 0 Å². The molecule has 4 rings (SSSR count). The van der Waals surface area contributed by atoms with E-state index in [4.69, 9.17) is 4.74 Å². The molecule has 0 aliphatic carbocycles. The molecule has 150 valence electrons. The molecule has 7 nitrogen and oxygen atoms in total. The van der Waals surface area contributed by atoms with Crippen LogP contribution < -0.4 is 5.32 Å². The number of hydrogen-bond acceptors (Lipinski definition) is 4. The number of carbonyl (C=O) groups is 2. The van der Waals surface area contributed by atoms with Crippen molar-refractivity contribution >= 4 is 22.8 Å². The lowest BCUT2D eigenvalue weighted by molar-refractivity contribution is -0.133. The summed E-state index contributed by atoms with van der Waals surface area (Å²) in [5.74, 6) is 1.39. The molecule has 1 N–H and O–H groups in total. The second kappa shape index (κ2) is 8.31. The highest BCUT2D eigenvalue weighted by Crippen LogP contribution is 2.20. The van der Waals surface area contributed by atoms with Gasteiger partial charge in [-0.05, 0) is 43.7 Å². The zero-order valence-electron chi connectivity index (χ0n) is 16.4. The largest absolute Gasteiger partial charge is 0.368 e. The Hall–Kier alpha value is -2.41. The second-order valence-corrected chi connectivity index (χ2v) is 7.89. The number of amides is 2. The molecule has 0 spiro atoms. The van der Waals surface area contributed by atoms with Crippen LogP contribution in [0.2, 0.25) is 0 Å². The number of piperidine rings is 1. The van der Waals surface area contributed by atoms with Crippen molar-refractivity contribution in [2.75, 3.05) is 19.7 Å². The fourth-order valence-corrected chi connectivity index (χ4v) is 3.99. The van der Waals surface area contributed by atoms with Crippen molar-refractivity contribution in [1.29, 1.82) is 0 Å². The lowest BCUT2D eigenvalue weighted by Gasteiger charge is -2.30. The average molecular weight is 384 g/mol. The molecule has 2 fully saturated rings. The van der Waals surface area contributed by atoms with Gasteiger partial charge < -0.3 is 19.5 Å². The monoisotopic (exact) mass is 384 g/mol. The molecule has 2 aromatic rings. The SMILES string of the molecule is CC1CCN(C(=O)Cn2c(CNC(=O)C3CCCO3)nc3ccccc32)CC1. The lowest BCUT2D eigenvalue weighted by Crippen LogP contribution is -2.40. The predicted molar refractivity (Wildman–Crippen MR) is 106 cm³/mol. The summed E-state index contributed by atoms with van der Waals surface area (Å²) in [6.45, 7) is 5.05. The molecule has 0 saturated carbocycles. The molecular formula is C21H28N4O3. The van der Waals surface area contributed by atoms with E-state index in [1.54, 1.807) is 0 Å². The van der Waals surface area contributed by atoms with Gasteiger partial charge in [-0.15, -0.1) is 0 Å². The van der Waals surface area contributed by atoms with Crippen LogP contribution in [-0.4, -0.2) is 52.1 Å². The van der Waals surface area contributed by atoms with Gasteiger partial charge in [-0.2, -0.15) is 0 Å². The Bertz CT molecular complexity index is 848. The Morgan fingerprint density at radius 3 is 2.75 bits per heavy atom. The quantitative estimate of drug-likeness (QED) is 0.856. The van der Waals surface area contributed by atoms with Gasteiger partial charge in [0.2, 0.25) is 11.8 Å². The third kappa shape index (κ3) is 4.04. The summed E-state index contributed by atoms with van der Waals surface area (Å²) in [6.07, 6.45) is 3.42. The highest BCUT2D eigenvalue weighted by Gasteiger charge is 2.25. The van der Waals surface area contributed by atoms with Gasteiger partial charge in [-0.3, -0.25) is 9.59 Å². The van der Waals surface area contributed by atoms with E-state index in [9.17, 15) is 9.59 Å². The van der Waals surface area contributed by atoms with Gasteiger partial charge in [0, 0.05) is 19.7 Å². The fourth-order valence-electron chi connectivity index (χ4n) is 3.99. The standard InChI is InChI=1S/C21H28N4O3/c1-15-8-10-24(11-9-15)20(26)14-25-17-6-3-2-5-16(17)23-19(25)13-22-21(27)18-7-4-12-28-18/h2-3,5-6,15,18H,4,7-14H2,1H3,(H,22,27). The van der Waals surface area contributed by atoms with Crippen molar-refractivity contribution in [3.63, 3.8) is 0 Å². The van der Waals surface area contributed by atoms with Crippen LogP contribution in [0.5, 0.6) is 0 Å². The van der Waals surface area contributed by atoms with Crippen LogP contribution in [0.3, 0.4) is 0 Å². The van der Waals surface area contributed by atoms with Crippen LogP contribution in [-0.2, 0) is 27.4 Å². The minimum atomic E-state index is -0.366. The Morgan fingerprint density at radius 2 is 2.00 bits per heavy atom. The molecule has 2 aliphatic rings. The summed E-state index contributed by atoms with van der Waals surface area (Å²) < 4.78 is 7.38. The normalized spacial score (nSPS) is 20.6. The molecule has 1 aromatic carbocycles. The van der Waals surface area contributed by atoms with Crippen molar-refractivity contribution in [2.45, 2.75) is 51.8 Å². The van der Waals surface area contributed by atoms with Crippen molar-refractivity contribution < 1.29 is 14.3 Å². The molecule has 7 heteroatoms. The summed E-state index contributed by atoms with van der Waals surface area (Å²) in [4.78, 5) is 31.8. The number of nitrogens with one attached hydrogen (secondary N) is 1. The number of nitrogens with zero attached hydrogens (tertiary/aromatic N) is 3. The van der Waals surface area contributed by atoms with Crippen molar-refractivity contribution in [1.82, 2.24) is 19.8 Å². The Morgan fingerprint density at radius 1 is 1.21 bits per heavy atom. The summed E-state index contributed by atoms with van der Waals surface area (Å²) in [6, 6.07) is 7.79. The van der Waals surface area contributed by atoms with Gasteiger partial charge in [-0.1, -0.05) is 19.1 Å². The molecule has 28 heavy (non-hydrogen) atoms. The summed E-state index contributed by atoms with van der Waals surface area (Å²) in [7, 11) is 0. The third-order valence-electron chi connectivity index (χ3n) is 5.81. The Kier molecular flexibility index (Phi) is 5.62. The lowest BCUT2D eigenvalue weighted by atomic mass is 9.99. The minimum Gasteiger partial charge on any atom is -0.368 e. The van der Waals surface area contributed by atoms with E-state index < -0.39 is 0 Å². The van der Waals surface area contributed by atoms with Gasteiger partial charge in [0.1, 0.15) is 18.5 Å². The number of hydrogen-bond donors (Lipinski definition) is 1. The zero-order valence-corrected chi connectivity index (χ0v) is 16.4. The molecule has 2 aliphatic heterocycles. The van der Waals surface area contributed by atoms with Crippen molar-refractivity contribution in [2.24, 2.45) is 5.92 Å². The van der Waals surface area contributed by atoms with Crippen molar-refractivity contribution in [3.8, 4) is 0 Å². The number of para-hydroxylation sites is 2. The Balaban J connectivity index is 1.50. The summed E-state index contributed by atoms with van der Waals surface area (Å²) in [5.41, 5.74) is 1.76. The van der Waals surface area contributed by atoms with Crippen LogP contribution in [0.1, 0.15) is 38.4 Å². The zero-order chi connectivity index (χ0) is 19.5. The van der Waals surface area contributed by atoms with Gasteiger partial charge in [0.15, 0.2) is 0 Å². The van der Waals surface area contributed by atoms with E-state index in [0.29, 0.717) is 18.3 Å². The van der Waals surface area contributed by atoms with E-state index >= 15 is 0 Å². The first-order valence-electron chi connectivity index (χ1n) is 10.2. The number of ether oxygens (including phenoxy) is 1. The molecule has 1 aromatic heterocycles. The predicted octanol–water partition coefficient (Wildman–Crippen LogP) is 2.09. The van der Waals surface area contributed by atoms with Gasteiger partial charge in [0.05, 0.1) is 17.6 Å². The number of benzene rings is 1. The fraction of sp³-hybridized carbons (Fsp3) is 0.571. The van der Waals surface area contributed by atoms with Crippen LogP contribution in [0.15, 0.2) is 24.3 Å². The molecule has 0 bridgehead atoms. The molecule has 1 atom stereocenters. The van der Waals surface area contributed by atoms with Crippen LogP contribution in [0.25, 0.3) is 11.0 Å². The maximum atomic E-state index is 12.9. The highest BCUT2D eigenvalue weighted by atomic mass is 16.5. The molecule has 2 saturated heterocycles. The first-order valence-corrected chi connectivity index (χ1v) is 10.2. The summed E-state index contributed by atoms with van der Waals surface area (Å²) in [5, 5.41) is 2.93. The first-order chi connectivity index (χ1) is 13.6. The van der Waals surface area contributed by atoms with Crippen LogP contribution in [0.4, 0.5) is 0 Å². The van der Waals surface area contributed by atoms with Crippen LogP contribution in [0, 0.1) is 5.92 Å². The topological polar surface area (TPSA) is 76.5 Å². The minimum absolute atomic E-state index is 0.104. The number of rotatable bonds is 5. The van der Waals surface area contributed by atoms with Gasteiger partial charge >= 0.3 is 0 Å². The molecular weight excluding hydrogens is 356 g/mol. The maximum absolute atomic E-state index is 12.9. The van der Waals surface area contributed by atoms with E-state index in [2.05, 4.69) is 17.2 Å². The van der Waals surface area contributed by atoms with E-state index in [-0.39, 0.29) is 31.0 Å². The molecule has 0 radical (unpaired) electrons. The van der Waals surface area contributed by atoms with E-state index in [0.717, 1.165) is 49.8 Å². The highest BCUT2D eigenvalue weighted by molar-refractivity contribution is 5.82. The maximum Gasteiger partial charge on any atom is 0.249 e. The molecule has 3 heterocycles. The number of carbonyl (C=O) groups excluding carboxylic acids is 2. The molecule has 1 unspecified atom stereocenters. The van der Waals surface area contributed by atoms with Crippen molar-refractivity contribution in [3.05, 3.63) is 30.1 Å². The number of aromatic nitrogens is 2. The summed E-state index contributed by atoms with van der Waals surface area (Å²) >= 11 is 0. The number of imidazole rings is 1. The number of likely N-dealkylation sites (tertiary alicyclic amines) is 1. The van der Waals surface area contributed by atoms with E-state index in [1.807, 2.05) is 33.7 Å². The average Bonchev–Trinajstić information content (AvgIpc) is 3.35. The second-order valence-electron chi connectivity index (χ2n) is 7.89. The number of fused-ring (bicyclic) bond motifs is 1. The third-order valence-corrected chi connectivity index (χ3v) is 5.81. The molecule has 2 amide bonds. The Labute approximate surface area is 165 Å². The van der Waals surface area contributed by atoms with Crippen LogP contribution >= 0.6 is 0 Å². The van der Waals surface area contributed by atoms with E-state index in [1.165, 1.54) is 0 Å². The van der Waals surface area contributed by atoms with Gasteiger partial charge in [-0.25, -0.2) is 4.98 Å². The first kappa shape index (κ1) is 18.9.